The maximum Gasteiger partial charge on any atom is 0.119 e. The van der Waals surface area contributed by atoms with E-state index in [1.165, 1.54) is 0 Å². The summed E-state index contributed by atoms with van der Waals surface area (Å²) in [5.74, 6) is 7.56. The molecule has 1 unspecified atom stereocenters. The number of hydrogen-bond donors (Lipinski definition) is 2. The average molecular weight is 352 g/mol. The van der Waals surface area contributed by atoms with E-state index in [1.807, 2.05) is 24.3 Å². The number of ether oxygens (including phenoxy) is 1. The smallest absolute Gasteiger partial charge is 0.119 e. The topological polar surface area (TPSA) is 65.8 Å². The molecular weight excluding hydrogens is 328 g/mol. The van der Waals surface area contributed by atoms with Crippen LogP contribution < -0.4 is 4.74 Å². The van der Waals surface area contributed by atoms with Gasteiger partial charge < -0.3 is 14.9 Å². The first kappa shape index (κ1) is 17.3. The molecular formula is C21H24N2O3. The summed E-state index contributed by atoms with van der Waals surface area (Å²) in [5, 5.41) is 21.1. The Hall–Kier alpha value is -2.13. The molecule has 0 saturated carbocycles. The van der Waals surface area contributed by atoms with Crippen molar-refractivity contribution in [3.63, 3.8) is 0 Å². The Morgan fingerprint density at radius 1 is 1.38 bits per heavy atom. The van der Waals surface area contributed by atoms with E-state index in [9.17, 15) is 5.11 Å². The lowest BCUT2D eigenvalue weighted by Crippen LogP contribution is -2.55. The fourth-order valence-corrected chi connectivity index (χ4v) is 4.48. The number of piperidine rings is 3. The zero-order valence-electron chi connectivity index (χ0n) is 14.9. The molecule has 3 aliphatic rings. The Balaban J connectivity index is 1.63. The van der Waals surface area contributed by atoms with Crippen LogP contribution in [0.5, 0.6) is 5.75 Å². The molecule has 5 heteroatoms. The van der Waals surface area contributed by atoms with Gasteiger partial charge in [-0.25, -0.2) is 0 Å². The lowest BCUT2D eigenvalue weighted by molar-refractivity contribution is -0.0425. The summed E-state index contributed by atoms with van der Waals surface area (Å²) in [5.41, 5.74) is 1.77. The van der Waals surface area contributed by atoms with Crippen molar-refractivity contribution in [1.82, 2.24) is 9.88 Å². The highest BCUT2D eigenvalue weighted by atomic mass is 16.5. The van der Waals surface area contributed by atoms with Crippen LogP contribution in [0.4, 0.5) is 0 Å². The van der Waals surface area contributed by atoms with Gasteiger partial charge in [0.05, 0.1) is 18.7 Å². The maximum absolute atomic E-state index is 11.2. The van der Waals surface area contributed by atoms with E-state index in [0.29, 0.717) is 11.8 Å². The van der Waals surface area contributed by atoms with Crippen molar-refractivity contribution in [2.45, 2.75) is 25.0 Å². The van der Waals surface area contributed by atoms with E-state index < -0.39 is 6.10 Å². The molecule has 5 nitrogen and oxygen atoms in total. The molecule has 0 spiro atoms. The maximum atomic E-state index is 11.2. The number of aliphatic hydroxyl groups excluding tert-OH is 2. The van der Waals surface area contributed by atoms with Gasteiger partial charge in [0.2, 0.25) is 0 Å². The molecule has 1 aromatic heterocycles. The molecule has 2 N–H and O–H groups in total. The van der Waals surface area contributed by atoms with E-state index in [0.717, 1.165) is 48.1 Å². The van der Waals surface area contributed by atoms with Gasteiger partial charge in [-0.15, -0.1) is 0 Å². The second kappa shape index (κ2) is 7.24. The molecule has 3 fully saturated rings. The fourth-order valence-electron chi connectivity index (χ4n) is 4.48. The highest BCUT2D eigenvalue weighted by molar-refractivity contribution is 5.83. The van der Waals surface area contributed by atoms with Crippen LogP contribution in [-0.4, -0.2) is 52.9 Å². The van der Waals surface area contributed by atoms with Crippen LogP contribution in [0.15, 0.2) is 30.5 Å². The van der Waals surface area contributed by atoms with Gasteiger partial charge in [0.1, 0.15) is 12.4 Å². The number of fused-ring (bicyclic) bond motifs is 4. The standard InChI is InChI=1S/C21H24N2O3/c1-26-16-4-5-19-18(12-16)17(6-8-22-19)21(25)20-11-14-7-9-23(20)13-15(14)3-2-10-24/h4-6,8,12,14-15,20-21,24-25H,7,9-11,13H2,1H3/t14-,15-,20+,21-/m0/s1. The van der Waals surface area contributed by atoms with Gasteiger partial charge in [0, 0.05) is 30.1 Å². The molecule has 136 valence electrons. The largest absolute Gasteiger partial charge is 0.497 e. The van der Waals surface area contributed by atoms with Crippen LogP contribution in [0.25, 0.3) is 10.9 Å². The van der Waals surface area contributed by atoms with Crippen LogP contribution in [0.2, 0.25) is 0 Å². The van der Waals surface area contributed by atoms with Crippen LogP contribution >= 0.6 is 0 Å². The van der Waals surface area contributed by atoms with Crippen molar-refractivity contribution in [2.24, 2.45) is 11.8 Å². The molecule has 2 bridgehead atoms. The molecule has 1 aromatic carbocycles. The van der Waals surface area contributed by atoms with E-state index in [-0.39, 0.29) is 12.6 Å². The van der Waals surface area contributed by atoms with Crippen molar-refractivity contribution >= 4 is 10.9 Å². The van der Waals surface area contributed by atoms with Crippen LogP contribution in [0.3, 0.4) is 0 Å². The summed E-state index contributed by atoms with van der Waals surface area (Å²) in [4.78, 5) is 6.77. The lowest BCUT2D eigenvalue weighted by atomic mass is 9.73. The summed E-state index contributed by atoms with van der Waals surface area (Å²) in [6.07, 6.45) is 3.24. The van der Waals surface area contributed by atoms with E-state index in [1.54, 1.807) is 13.3 Å². The minimum absolute atomic E-state index is 0.0832. The first-order chi connectivity index (χ1) is 12.7. The van der Waals surface area contributed by atoms with Gasteiger partial charge in [-0.1, -0.05) is 11.8 Å². The molecule has 2 aromatic rings. The minimum atomic E-state index is -0.567. The van der Waals surface area contributed by atoms with Gasteiger partial charge in [-0.3, -0.25) is 9.88 Å². The van der Waals surface area contributed by atoms with Crippen molar-refractivity contribution in [3.05, 3.63) is 36.0 Å². The molecule has 0 amide bonds. The Kier molecular flexibility index (Phi) is 4.82. The number of hydrogen-bond acceptors (Lipinski definition) is 5. The normalized spacial score (nSPS) is 28.4. The van der Waals surface area contributed by atoms with Crippen molar-refractivity contribution < 1.29 is 14.9 Å². The lowest BCUT2D eigenvalue weighted by Gasteiger charge is -2.50. The molecule has 5 atom stereocenters. The number of rotatable bonds is 3. The summed E-state index contributed by atoms with van der Waals surface area (Å²) in [6, 6.07) is 7.78. The number of methoxy groups -OCH3 is 1. The quantitative estimate of drug-likeness (QED) is 0.827. The third kappa shape index (κ3) is 3.05. The number of pyridine rings is 1. The highest BCUT2D eigenvalue weighted by Crippen LogP contribution is 2.41. The van der Waals surface area contributed by atoms with E-state index in [2.05, 4.69) is 21.7 Å². The van der Waals surface area contributed by atoms with E-state index in [4.69, 9.17) is 9.84 Å². The molecule has 0 radical (unpaired) electrons. The van der Waals surface area contributed by atoms with Gasteiger partial charge in [-0.2, -0.15) is 0 Å². The molecule has 3 aliphatic heterocycles. The Bertz CT molecular complexity index is 857. The van der Waals surface area contributed by atoms with Gasteiger partial charge in [-0.05, 0) is 55.1 Å². The second-order valence-electron chi connectivity index (χ2n) is 7.16. The zero-order valence-corrected chi connectivity index (χ0v) is 14.9. The van der Waals surface area contributed by atoms with Gasteiger partial charge >= 0.3 is 0 Å². The number of aliphatic hydroxyl groups is 2. The zero-order chi connectivity index (χ0) is 18.1. The van der Waals surface area contributed by atoms with Gasteiger partial charge in [0.15, 0.2) is 0 Å². The Labute approximate surface area is 153 Å². The SMILES string of the molecule is COc1ccc2nccc([C@H](O)[C@H]3C[C@@H]4CCN3C[C@@H]4C#CCO)c2c1. The fraction of sp³-hybridized carbons (Fsp3) is 0.476. The summed E-state index contributed by atoms with van der Waals surface area (Å²) in [6.45, 7) is 1.78. The molecule has 3 saturated heterocycles. The monoisotopic (exact) mass is 352 g/mol. The first-order valence-electron chi connectivity index (χ1n) is 9.15. The van der Waals surface area contributed by atoms with E-state index >= 15 is 0 Å². The van der Waals surface area contributed by atoms with Crippen LogP contribution in [0.1, 0.15) is 24.5 Å². The summed E-state index contributed by atoms with van der Waals surface area (Å²) >= 11 is 0. The number of nitrogens with zero attached hydrogens (tertiary/aromatic N) is 2. The second-order valence-corrected chi connectivity index (χ2v) is 7.16. The van der Waals surface area contributed by atoms with Crippen molar-refractivity contribution in [1.29, 1.82) is 0 Å². The molecule has 5 rings (SSSR count). The predicted molar refractivity (Wildman–Crippen MR) is 99.7 cm³/mol. The van der Waals surface area contributed by atoms with Crippen molar-refractivity contribution in [3.8, 4) is 17.6 Å². The summed E-state index contributed by atoms with van der Waals surface area (Å²) in [7, 11) is 1.65. The van der Waals surface area contributed by atoms with Crippen LogP contribution in [0, 0.1) is 23.7 Å². The first-order valence-corrected chi connectivity index (χ1v) is 9.15. The Morgan fingerprint density at radius 3 is 3.00 bits per heavy atom. The highest BCUT2D eigenvalue weighted by Gasteiger charge is 2.42. The summed E-state index contributed by atoms with van der Waals surface area (Å²) < 4.78 is 5.35. The third-order valence-electron chi connectivity index (χ3n) is 5.83. The molecule has 4 heterocycles. The molecule has 0 aliphatic carbocycles. The van der Waals surface area contributed by atoms with Gasteiger partial charge in [0.25, 0.3) is 0 Å². The molecule has 26 heavy (non-hydrogen) atoms. The Morgan fingerprint density at radius 2 is 2.27 bits per heavy atom. The van der Waals surface area contributed by atoms with Crippen LogP contribution in [-0.2, 0) is 0 Å². The minimum Gasteiger partial charge on any atom is -0.497 e. The predicted octanol–water partition coefficient (Wildman–Crippen LogP) is 1.98. The third-order valence-corrected chi connectivity index (χ3v) is 5.83. The average Bonchev–Trinajstić information content (AvgIpc) is 2.71. The number of benzene rings is 1. The van der Waals surface area contributed by atoms with Crippen molar-refractivity contribution in [2.75, 3.05) is 26.8 Å². The number of aromatic nitrogens is 1.